The molecule has 0 spiro atoms. The van der Waals surface area contributed by atoms with Crippen LogP contribution in [0.5, 0.6) is 0 Å². The summed E-state index contributed by atoms with van der Waals surface area (Å²) in [5.41, 5.74) is 7.78. The molecule has 0 aliphatic heterocycles. The molecule has 0 aliphatic rings. The van der Waals surface area contributed by atoms with Gasteiger partial charge in [0.25, 0.3) is 5.95 Å². The number of hydrogen-bond donors (Lipinski definition) is 1. The maximum atomic E-state index is 5.86. The quantitative estimate of drug-likeness (QED) is 0.809. The van der Waals surface area contributed by atoms with Crippen molar-refractivity contribution in [2.45, 2.75) is 12.8 Å². The molecule has 17 heavy (non-hydrogen) atoms. The molecule has 0 saturated carbocycles. The number of rotatable bonds is 4. The number of nitrogen functional groups attached to an aromatic ring is 1. The van der Waals surface area contributed by atoms with E-state index in [4.69, 9.17) is 10.3 Å². The minimum Gasteiger partial charge on any atom is -0.399 e. The van der Waals surface area contributed by atoms with E-state index in [-0.39, 0.29) is 0 Å². The van der Waals surface area contributed by atoms with Gasteiger partial charge in [0.2, 0.25) is 5.89 Å². The maximum absolute atomic E-state index is 5.86. The van der Waals surface area contributed by atoms with E-state index in [1.165, 1.54) is 0 Å². The molecule has 1 aromatic carbocycles. The third-order valence-corrected chi connectivity index (χ3v) is 2.52. The Labute approximate surface area is 100 Å². The molecule has 0 aliphatic carbocycles. The number of para-hydroxylation sites is 1. The lowest BCUT2D eigenvalue weighted by Gasteiger charge is -2.03. The Kier molecular flexibility index (Phi) is 3.27. The first-order valence-electron chi connectivity index (χ1n) is 5.50. The number of aromatic nitrogens is 2. The molecule has 0 bridgehead atoms. The van der Waals surface area contributed by atoms with Crippen molar-refractivity contribution in [2.24, 2.45) is 0 Å². The van der Waals surface area contributed by atoms with Gasteiger partial charge in [-0.25, -0.2) is 0 Å². The first-order chi connectivity index (χ1) is 8.16. The van der Waals surface area contributed by atoms with E-state index < -0.39 is 0 Å². The van der Waals surface area contributed by atoms with Gasteiger partial charge < -0.3 is 15.2 Å². The van der Waals surface area contributed by atoms with Crippen LogP contribution in [-0.4, -0.2) is 24.2 Å². The molecule has 1 heterocycles. The highest BCUT2D eigenvalue weighted by molar-refractivity contribution is 5.46. The summed E-state index contributed by atoms with van der Waals surface area (Å²) < 4.78 is 5.14. The summed E-state index contributed by atoms with van der Waals surface area (Å²) in [6, 6.07) is 7.81. The Morgan fingerprint density at radius 2 is 2.00 bits per heavy atom. The minimum atomic E-state index is 0.598. The van der Waals surface area contributed by atoms with Crippen LogP contribution in [-0.2, 0) is 12.8 Å². The van der Waals surface area contributed by atoms with E-state index in [1.54, 1.807) is 0 Å². The smallest absolute Gasteiger partial charge is 0.265 e. The minimum absolute atomic E-state index is 0.598. The van der Waals surface area contributed by atoms with Gasteiger partial charge in [-0.3, -0.25) is 0 Å². The van der Waals surface area contributed by atoms with Crippen molar-refractivity contribution in [1.82, 2.24) is 10.1 Å². The summed E-state index contributed by atoms with van der Waals surface area (Å²) >= 11 is 0. The second kappa shape index (κ2) is 4.86. The van der Waals surface area contributed by atoms with Gasteiger partial charge in [-0.2, -0.15) is 4.98 Å². The number of nitrogens with two attached hydrogens (primary N) is 1. The lowest BCUT2D eigenvalue weighted by atomic mass is 10.1. The SMILES string of the molecule is CN(C)c1noc(CCc2ccccc2N)n1. The Morgan fingerprint density at radius 1 is 1.24 bits per heavy atom. The Morgan fingerprint density at radius 3 is 2.65 bits per heavy atom. The topological polar surface area (TPSA) is 68.2 Å². The molecule has 0 unspecified atom stereocenters. The number of benzene rings is 1. The zero-order valence-electron chi connectivity index (χ0n) is 10.1. The molecule has 0 radical (unpaired) electrons. The summed E-state index contributed by atoms with van der Waals surface area (Å²) in [7, 11) is 3.76. The molecule has 90 valence electrons. The van der Waals surface area contributed by atoms with E-state index in [2.05, 4.69) is 10.1 Å². The normalized spacial score (nSPS) is 10.5. The van der Waals surface area contributed by atoms with Gasteiger partial charge in [0, 0.05) is 26.2 Å². The van der Waals surface area contributed by atoms with E-state index in [9.17, 15) is 0 Å². The van der Waals surface area contributed by atoms with Crippen LogP contribution in [0.15, 0.2) is 28.8 Å². The number of aryl methyl sites for hydroxylation is 2. The molecular weight excluding hydrogens is 216 g/mol. The molecule has 0 fully saturated rings. The Balaban J connectivity index is 2.00. The first kappa shape index (κ1) is 11.4. The van der Waals surface area contributed by atoms with Crippen molar-refractivity contribution < 1.29 is 4.52 Å². The zero-order valence-corrected chi connectivity index (χ0v) is 10.1. The van der Waals surface area contributed by atoms with Crippen molar-refractivity contribution in [3.8, 4) is 0 Å². The molecule has 2 N–H and O–H groups in total. The maximum Gasteiger partial charge on any atom is 0.265 e. The molecule has 5 nitrogen and oxygen atoms in total. The summed E-state index contributed by atoms with van der Waals surface area (Å²) in [5.74, 6) is 1.23. The standard InChI is InChI=1S/C12H16N4O/c1-16(2)12-14-11(17-15-12)8-7-9-5-3-4-6-10(9)13/h3-6H,7-8,13H2,1-2H3. The van der Waals surface area contributed by atoms with Gasteiger partial charge in [-0.1, -0.05) is 18.2 Å². The predicted octanol–water partition coefficient (Wildman–Crippen LogP) is 1.50. The van der Waals surface area contributed by atoms with Crippen LogP contribution in [0.1, 0.15) is 11.5 Å². The van der Waals surface area contributed by atoms with Crippen molar-refractivity contribution >= 4 is 11.6 Å². The van der Waals surface area contributed by atoms with Gasteiger partial charge in [0.15, 0.2) is 0 Å². The van der Waals surface area contributed by atoms with Crippen LogP contribution in [0.3, 0.4) is 0 Å². The highest BCUT2D eigenvalue weighted by Crippen LogP contribution is 2.14. The lowest BCUT2D eigenvalue weighted by Crippen LogP contribution is -2.10. The summed E-state index contributed by atoms with van der Waals surface area (Å²) in [6.45, 7) is 0. The summed E-state index contributed by atoms with van der Waals surface area (Å²) in [4.78, 5) is 6.07. The third-order valence-electron chi connectivity index (χ3n) is 2.52. The fraction of sp³-hybridized carbons (Fsp3) is 0.333. The Hall–Kier alpha value is -2.04. The van der Waals surface area contributed by atoms with E-state index in [0.29, 0.717) is 18.3 Å². The molecule has 0 saturated heterocycles. The van der Waals surface area contributed by atoms with Crippen LogP contribution >= 0.6 is 0 Å². The van der Waals surface area contributed by atoms with E-state index >= 15 is 0 Å². The van der Waals surface area contributed by atoms with Crippen LogP contribution in [0.2, 0.25) is 0 Å². The van der Waals surface area contributed by atoms with Gasteiger partial charge >= 0.3 is 0 Å². The molecule has 2 aromatic rings. The number of anilines is 2. The average molecular weight is 232 g/mol. The third kappa shape index (κ3) is 2.75. The fourth-order valence-corrected chi connectivity index (χ4v) is 1.53. The number of hydrogen-bond acceptors (Lipinski definition) is 5. The van der Waals surface area contributed by atoms with Gasteiger partial charge in [-0.15, -0.1) is 0 Å². The van der Waals surface area contributed by atoms with Crippen molar-refractivity contribution in [2.75, 3.05) is 24.7 Å². The van der Waals surface area contributed by atoms with Crippen LogP contribution < -0.4 is 10.6 Å². The zero-order chi connectivity index (χ0) is 12.3. The monoisotopic (exact) mass is 232 g/mol. The predicted molar refractivity (Wildman–Crippen MR) is 66.9 cm³/mol. The van der Waals surface area contributed by atoms with Gasteiger partial charge in [-0.05, 0) is 23.2 Å². The van der Waals surface area contributed by atoms with Gasteiger partial charge in [0.1, 0.15) is 0 Å². The molecule has 0 atom stereocenters. The highest BCUT2D eigenvalue weighted by atomic mass is 16.5. The average Bonchev–Trinajstić information content (AvgIpc) is 2.77. The van der Waals surface area contributed by atoms with Crippen LogP contribution in [0.25, 0.3) is 0 Å². The second-order valence-electron chi connectivity index (χ2n) is 4.08. The van der Waals surface area contributed by atoms with Gasteiger partial charge in [0.05, 0.1) is 0 Å². The summed E-state index contributed by atoms with van der Waals surface area (Å²) in [6.07, 6.45) is 1.51. The van der Waals surface area contributed by atoms with Crippen molar-refractivity contribution in [3.63, 3.8) is 0 Å². The molecule has 5 heteroatoms. The highest BCUT2D eigenvalue weighted by Gasteiger charge is 2.08. The second-order valence-corrected chi connectivity index (χ2v) is 4.08. The van der Waals surface area contributed by atoms with Crippen molar-refractivity contribution in [1.29, 1.82) is 0 Å². The molecule has 0 amide bonds. The van der Waals surface area contributed by atoms with Crippen molar-refractivity contribution in [3.05, 3.63) is 35.7 Å². The van der Waals surface area contributed by atoms with E-state index in [1.807, 2.05) is 43.3 Å². The molecule has 2 rings (SSSR count). The Bertz CT molecular complexity index is 493. The molecule has 1 aromatic heterocycles. The van der Waals surface area contributed by atoms with E-state index in [0.717, 1.165) is 17.7 Å². The summed E-state index contributed by atoms with van der Waals surface area (Å²) in [5, 5.41) is 3.86. The van der Waals surface area contributed by atoms with Crippen LogP contribution in [0.4, 0.5) is 11.6 Å². The largest absolute Gasteiger partial charge is 0.399 e. The first-order valence-corrected chi connectivity index (χ1v) is 5.50. The molecular formula is C12H16N4O. The fourth-order valence-electron chi connectivity index (χ4n) is 1.53. The van der Waals surface area contributed by atoms with Crippen LogP contribution in [0, 0.1) is 0 Å². The lowest BCUT2D eigenvalue weighted by molar-refractivity contribution is 0.378. The number of nitrogens with zero attached hydrogens (tertiary/aromatic N) is 3.